The number of ether oxygens (including phenoxy) is 8. The molecule has 22 heteroatoms. The number of aliphatic hydroxyl groups excluding tert-OH is 14. The predicted octanol–water partition coefficient (Wildman–Crippen LogP) is -8.31. The zero-order valence-electron chi connectivity index (χ0n) is 27.2. The van der Waals surface area contributed by atoms with Crippen LogP contribution < -0.4 is 9.47 Å². The Morgan fingerprint density at radius 2 is 0.731 bits per heavy atom. The Balaban J connectivity index is 1.21. The molecule has 0 spiro atoms. The lowest BCUT2D eigenvalue weighted by atomic mass is 9.97. The molecule has 0 bridgehead atoms. The van der Waals surface area contributed by atoms with Crippen LogP contribution in [0.2, 0.25) is 0 Å². The molecular weight excluding hydrogens is 712 g/mol. The van der Waals surface area contributed by atoms with Gasteiger partial charge in [0.25, 0.3) is 0 Å². The van der Waals surface area contributed by atoms with E-state index < -0.39 is 149 Å². The minimum absolute atomic E-state index is 0.0490. The fraction of sp³-hybridized carbons (Fsp3) is 0.800. The van der Waals surface area contributed by atoms with Crippen LogP contribution in [0.25, 0.3) is 0 Å². The van der Waals surface area contributed by atoms with Gasteiger partial charge in [0.15, 0.2) is 12.6 Å². The second kappa shape index (κ2) is 17.7. The van der Waals surface area contributed by atoms with Gasteiger partial charge in [0, 0.05) is 6.07 Å². The number of aliphatic hydroxyl groups is 14. The highest BCUT2D eigenvalue weighted by Crippen LogP contribution is 2.33. The second-order valence-electron chi connectivity index (χ2n) is 12.7. The smallest absolute Gasteiger partial charge is 0.229 e. The van der Waals surface area contributed by atoms with Crippen LogP contribution in [-0.4, -0.2) is 221 Å². The van der Waals surface area contributed by atoms with Crippen LogP contribution in [0.1, 0.15) is 0 Å². The van der Waals surface area contributed by atoms with Gasteiger partial charge < -0.3 is 109 Å². The van der Waals surface area contributed by atoms with Crippen LogP contribution in [0, 0.1) is 0 Å². The Bertz CT molecular complexity index is 1170. The molecule has 0 radical (unpaired) electrons. The van der Waals surface area contributed by atoms with Crippen molar-refractivity contribution in [2.24, 2.45) is 0 Å². The number of hydrogen-bond acceptors (Lipinski definition) is 22. The summed E-state index contributed by atoms with van der Waals surface area (Å²) in [4.78, 5) is 0. The molecular formula is C30H46O22. The maximum Gasteiger partial charge on any atom is 0.229 e. The first-order valence-corrected chi connectivity index (χ1v) is 16.3. The van der Waals surface area contributed by atoms with Gasteiger partial charge in [0.2, 0.25) is 12.6 Å². The molecule has 0 aliphatic carbocycles. The van der Waals surface area contributed by atoms with Gasteiger partial charge in [-0.25, -0.2) is 0 Å². The molecule has 4 aliphatic rings. The van der Waals surface area contributed by atoms with Crippen LogP contribution in [-0.2, 0) is 28.4 Å². The highest BCUT2D eigenvalue weighted by atomic mass is 16.8. The Labute approximate surface area is 294 Å². The Morgan fingerprint density at radius 3 is 1.08 bits per heavy atom. The summed E-state index contributed by atoms with van der Waals surface area (Å²) >= 11 is 0. The zero-order chi connectivity index (χ0) is 38.0. The minimum atomic E-state index is -1.85. The van der Waals surface area contributed by atoms with Gasteiger partial charge in [0.1, 0.15) is 109 Å². The third-order valence-electron chi connectivity index (χ3n) is 9.23. The van der Waals surface area contributed by atoms with Crippen molar-refractivity contribution < 1.29 is 109 Å². The van der Waals surface area contributed by atoms with E-state index in [1.54, 1.807) is 0 Å². The maximum atomic E-state index is 10.9. The number of benzene rings is 1. The van der Waals surface area contributed by atoms with E-state index in [-0.39, 0.29) is 11.5 Å². The van der Waals surface area contributed by atoms with Crippen molar-refractivity contribution in [3.8, 4) is 11.5 Å². The summed E-state index contributed by atoms with van der Waals surface area (Å²) < 4.78 is 44.2. The first-order chi connectivity index (χ1) is 24.7. The molecule has 0 aromatic heterocycles. The van der Waals surface area contributed by atoms with E-state index in [1.807, 2.05) is 0 Å². The highest BCUT2D eigenvalue weighted by molar-refractivity contribution is 5.33. The molecule has 0 saturated carbocycles. The van der Waals surface area contributed by atoms with Crippen molar-refractivity contribution in [2.45, 2.75) is 123 Å². The van der Waals surface area contributed by atoms with E-state index >= 15 is 0 Å². The van der Waals surface area contributed by atoms with E-state index in [1.165, 1.54) is 24.3 Å². The van der Waals surface area contributed by atoms with Gasteiger partial charge in [-0.2, -0.15) is 0 Å². The fourth-order valence-corrected chi connectivity index (χ4v) is 6.19. The van der Waals surface area contributed by atoms with Crippen molar-refractivity contribution in [2.75, 3.05) is 26.4 Å². The van der Waals surface area contributed by atoms with E-state index in [2.05, 4.69) is 0 Å². The quantitative estimate of drug-likeness (QED) is 0.0941. The first kappa shape index (κ1) is 41.2. The lowest BCUT2D eigenvalue weighted by molar-refractivity contribution is -0.352. The van der Waals surface area contributed by atoms with E-state index in [0.717, 1.165) is 0 Å². The summed E-state index contributed by atoms with van der Waals surface area (Å²) in [5, 5.41) is 143. The highest BCUT2D eigenvalue weighted by Gasteiger charge is 2.53. The lowest BCUT2D eigenvalue weighted by Gasteiger charge is -2.46. The summed E-state index contributed by atoms with van der Waals surface area (Å²) in [7, 11) is 0. The summed E-state index contributed by atoms with van der Waals surface area (Å²) in [6.45, 7) is -3.12. The molecule has 0 amide bonds. The number of rotatable bonds is 12. The largest absolute Gasteiger partial charge is 0.462 e. The Kier molecular flexibility index (Phi) is 14.0. The van der Waals surface area contributed by atoms with E-state index in [4.69, 9.17) is 37.9 Å². The van der Waals surface area contributed by atoms with E-state index in [9.17, 15) is 71.5 Å². The molecule has 14 N–H and O–H groups in total. The van der Waals surface area contributed by atoms with Crippen molar-refractivity contribution in [3.05, 3.63) is 24.3 Å². The number of hydrogen-bond donors (Lipinski definition) is 14. The average Bonchev–Trinajstić information content (AvgIpc) is 3.14. The molecule has 298 valence electrons. The summed E-state index contributed by atoms with van der Waals surface area (Å²) in [6.07, 6.45) is -33.4. The molecule has 4 heterocycles. The SMILES string of the molecule is OC[C@H]1O[C@@H](O[C@H]2[C@H](O)[C@@H](O)[C@H](Oc3cccc(O[C@@H]4O[C@H](CO)[C@@H](O[C@@H]5O[C@H](CO)[C@@H](O)[C@H](O)[C@H]5O)[C@H](O)[C@H]4O)c3)O[C@@H]2CO)[C@H](O)[C@@H](O)[C@@H]1O. The molecule has 5 rings (SSSR count). The normalized spacial score (nSPS) is 47.2. The van der Waals surface area contributed by atoms with Crippen LogP contribution in [0.3, 0.4) is 0 Å². The molecule has 22 nitrogen and oxygen atoms in total. The van der Waals surface area contributed by atoms with Crippen LogP contribution >= 0.6 is 0 Å². The molecule has 4 saturated heterocycles. The summed E-state index contributed by atoms with van der Waals surface area (Å²) in [5.74, 6) is -0.0979. The second-order valence-corrected chi connectivity index (χ2v) is 12.7. The van der Waals surface area contributed by atoms with E-state index in [0.29, 0.717) is 0 Å². The van der Waals surface area contributed by atoms with Gasteiger partial charge in [-0.05, 0) is 12.1 Å². The molecule has 4 aliphatic heterocycles. The van der Waals surface area contributed by atoms with Crippen molar-refractivity contribution in [3.63, 3.8) is 0 Å². The first-order valence-electron chi connectivity index (χ1n) is 16.3. The topological polar surface area (TPSA) is 357 Å². The third-order valence-corrected chi connectivity index (χ3v) is 9.23. The Morgan fingerprint density at radius 1 is 0.404 bits per heavy atom. The summed E-state index contributed by atoms with van der Waals surface area (Å²) in [5.41, 5.74) is 0. The average molecular weight is 759 g/mol. The summed E-state index contributed by atoms with van der Waals surface area (Å²) in [6, 6.07) is 5.41. The maximum absolute atomic E-state index is 10.9. The minimum Gasteiger partial charge on any atom is -0.462 e. The third kappa shape index (κ3) is 8.46. The molecule has 20 atom stereocenters. The molecule has 0 unspecified atom stereocenters. The van der Waals surface area contributed by atoms with Crippen LogP contribution in [0.5, 0.6) is 11.5 Å². The van der Waals surface area contributed by atoms with Crippen LogP contribution in [0.4, 0.5) is 0 Å². The zero-order valence-corrected chi connectivity index (χ0v) is 27.2. The van der Waals surface area contributed by atoms with Gasteiger partial charge in [0.05, 0.1) is 26.4 Å². The van der Waals surface area contributed by atoms with Gasteiger partial charge in [-0.15, -0.1) is 0 Å². The van der Waals surface area contributed by atoms with Gasteiger partial charge >= 0.3 is 0 Å². The Hall–Kier alpha value is -1.98. The fourth-order valence-electron chi connectivity index (χ4n) is 6.19. The van der Waals surface area contributed by atoms with Crippen molar-refractivity contribution >= 4 is 0 Å². The lowest BCUT2D eigenvalue weighted by Crippen LogP contribution is -2.65. The van der Waals surface area contributed by atoms with Crippen LogP contribution in [0.15, 0.2) is 24.3 Å². The predicted molar refractivity (Wildman–Crippen MR) is 160 cm³/mol. The van der Waals surface area contributed by atoms with Gasteiger partial charge in [-0.3, -0.25) is 0 Å². The molecule has 52 heavy (non-hydrogen) atoms. The monoisotopic (exact) mass is 758 g/mol. The standard InChI is InChI=1S/C30H46O22/c31-5-11-15(35)17(37)21(41)29(47-11)51-25-13(7-33)49-27(23(43)19(25)39)45-9-2-1-3-10(4-9)46-28-24(44)20(40)26(14(8-34)50-28)52-30-22(42)18(38)16(36)12(6-32)48-30/h1-4,11-44H,5-8H2/t11-,12-,13-,14-,15-,16-,17+,18+,19-,20-,21-,22-,23-,24-,25-,26-,27-,28-,29+,30+/m1/s1. The molecule has 1 aromatic carbocycles. The van der Waals surface area contributed by atoms with Gasteiger partial charge in [-0.1, -0.05) is 6.07 Å². The van der Waals surface area contributed by atoms with Crippen molar-refractivity contribution in [1.82, 2.24) is 0 Å². The van der Waals surface area contributed by atoms with Crippen molar-refractivity contribution in [1.29, 1.82) is 0 Å². The molecule has 4 fully saturated rings. The molecule has 1 aromatic rings.